The third-order valence-electron chi connectivity index (χ3n) is 3.30. The smallest absolute Gasteiger partial charge is 0.0554 e. The maximum atomic E-state index is 6.18. The summed E-state index contributed by atoms with van der Waals surface area (Å²) in [5, 5.41) is 0.781. The number of thioether (sulfide) groups is 1. The summed E-state index contributed by atoms with van der Waals surface area (Å²) < 4.78 is 0. The summed E-state index contributed by atoms with van der Waals surface area (Å²) in [5.41, 5.74) is 6.36. The Morgan fingerprint density at radius 3 is 2.55 bits per heavy atom. The number of rotatable bonds is 5. The zero-order chi connectivity index (χ0) is 14.5. The standard InChI is InChI=1S/C16H19ClN2S/c1-11-7-8-13(9-14(11)17)15(19-18)10-20-16-6-4-3-5-12(16)2/h3-9,15,19H,10,18H2,1-2H3. The molecule has 2 rings (SSSR count). The molecule has 0 aliphatic carbocycles. The first-order chi connectivity index (χ1) is 9.61. The molecule has 0 saturated carbocycles. The number of benzene rings is 2. The van der Waals surface area contributed by atoms with E-state index in [1.165, 1.54) is 10.5 Å². The van der Waals surface area contributed by atoms with Gasteiger partial charge in [-0.05, 0) is 42.7 Å². The second-order valence-electron chi connectivity index (χ2n) is 4.80. The van der Waals surface area contributed by atoms with Gasteiger partial charge in [-0.25, -0.2) is 0 Å². The van der Waals surface area contributed by atoms with Crippen molar-refractivity contribution in [1.29, 1.82) is 0 Å². The molecule has 0 saturated heterocycles. The van der Waals surface area contributed by atoms with Crippen molar-refractivity contribution in [1.82, 2.24) is 5.43 Å². The van der Waals surface area contributed by atoms with Crippen molar-refractivity contribution < 1.29 is 0 Å². The van der Waals surface area contributed by atoms with Gasteiger partial charge >= 0.3 is 0 Å². The molecule has 0 radical (unpaired) electrons. The molecule has 106 valence electrons. The molecule has 0 aliphatic heterocycles. The Labute approximate surface area is 129 Å². The second kappa shape index (κ2) is 7.14. The van der Waals surface area contributed by atoms with Gasteiger partial charge in [0, 0.05) is 15.7 Å². The number of nitrogens with one attached hydrogen (secondary N) is 1. The number of hydrogen-bond acceptors (Lipinski definition) is 3. The van der Waals surface area contributed by atoms with Crippen molar-refractivity contribution in [2.45, 2.75) is 24.8 Å². The first kappa shape index (κ1) is 15.4. The van der Waals surface area contributed by atoms with Gasteiger partial charge in [0.1, 0.15) is 0 Å². The lowest BCUT2D eigenvalue weighted by Gasteiger charge is -2.17. The highest BCUT2D eigenvalue weighted by atomic mass is 35.5. The van der Waals surface area contributed by atoms with Crippen molar-refractivity contribution >= 4 is 23.4 Å². The summed E-state index contributed by atoms with van der Waals surface area (Å²) >= 11 is 7.98. The molecule has 0 heterocycles. The third-order valence-corrected chi connectivity index (χ3v) is 4.97. The molecule has 0 bridgehead atoms. The zero-order valence-corrected chi connectivity index (χ0v) is 13.3. The first-order valence-corrected chi connectivity index (χ1v) is 7.89. The molecule has 2 aromatic rings. The van der Waals surface area contributed by atoms with Crippen LogP contribution in [0.2, 0.25) is 5.02 Å². The summed E-state index contributed by atoms with van der Waals surface area (Å²) in [6.07, 6.45) is 0. The molecule has 0 aliphatic rings. The molecule has 20 heavy (non-hydrogen) atoms. The fourth-order valence-corrected chi connectivity index (χ4v) is 3.25. The SMILES string of the molecule is Cc1ccc(C(CSc2ccccc2C)NN)cc1Cl. The summed E-state index contributed by atoms with van der Waals surface area (Å²) in [7, 11) is 0. The molecule has 1 atom stereocenters. The Morgan fingerprint density at radius 1 is 1.15 bits per heavy atom. The van der Waals surface area contributed by atoms with Crippen molar-refractivity contribution in [2.24, 2.45) is 5.84 Å². The summed E-state index contributed by atoms with van der Waals surface area (Å²) in [6, 6.07) is 14.5. The Morgan fingerprint density at radius 2 is 1.90 bits per heavy atom. The maximum Gasteiger partial charge on any atom is 0.0554 e. The lowest BCUT2D eigenvalue weighted by atomic mass is 10.1. The minimum absolute atomic E-state index is 0.0812. The summed E-state index contributed by atoms with van der Waals surface area (Å²) in [4.78, 5) is 1.28. The molecule has 2 aromatic carbocycles. The molecule has 2 nitrogen and oxygen atoms in total. The van der Waals surface area contributed by atoms with Gasteiger partial charge in [-0.15, -0.1) is 11.8 Å². The highest BCUT2D eigenvalue weighted by molar-refractivity contribution is 7.99. The van der Waals surface area contributed by atoms with Crippen LogP contribution in [-0.4, -0.2) is 5.75 Å². The van der Waals surface area contributed by atoms with E-state index in [-0.39, 0.29) is 6.04 Å². The highest BCUT2D eigenvalue weighted by Crippen LogP contribution is 2.28. The fraction of sp³-hybridized carbons (Fsp3) is 0.250. The predicted octanol–water partition coefficient (Wildman–Crippen LogP) is 4.25. The Kier molecular flexibility index (Phi) is 5.49. The fourth-order valence-electron chi connectivity index (χ4n) is 1.96. The molecule has 3 N–H and O–H groups in total. The van der Waals surface area contributed by atoms with Crippen molar-refractivity contribution in [3.63, 3.8) is 0 Å². The maximum absolute atomic E-state index is 6.18. The van der Waals surface area contributed by atoms with Gasteiger partial charge in [0.25, 0.3) is 0 Å². The van der Waals surface area contributed by atoms with Gasteiger partial charge in [-0.1, -0.05) is 41.9 Å². The van der Waals surface area contributed by atoms with E-state index in [1.54, 1.807) is 11.8 Å². The minimum Gasteiger partial charge on any atom is -0.271 e. The normalized spacial score (nSPS) is 12.4. The monoisotopic (exact) mass is 306 g/mol. The van der Waals surface area contributed by atoms with Crippen LogP contribution in [0.15, 0.2) is 47.4 Å². The number of hydrogen-bond donors (Lipinski definition) is 2. The quantitative estimate of drug-likeness (QED) is 0.492. The largest absolute Gasteiger partial charge is 0.271 e. The number of aryl methyl sites for hydroxylation is 2. The van der Waals surface area contributed by atoms with Gasteiger partial charge in [0.05, 0.1) is 6.04 Å². The van der Waals surface area contributed by atoms with Crippen molar-refractivity contribution in [2.75, 3.05) is 5.75 Å². The molecule has 0 fully saturated rings. The van der Waals surface area contributed by atoms with E-state index in [0.29, 0.717) is 0 Å². The van der Waals surface area contributed by atoms with Crippen LogP contribution in [0.5, 0.6) is 0 Å². The average molecular weight is 307 g/mol. The van der Waals surface area contributed by atoms with E-state index in [0.717, 1.165) is 21.9 Å². The van der Waals surface area contributed by atoms with Gasteiger partial charge < -0.3 is 0 Å². The Balaban J connectivity index is 2.09. The molecule has 0 aromatic heterocycles. The van der Waals surface area contributed by atoms with Crippen LogP contribution in [0.4, 0.5) is 0 Å². The van der Waals surface area contributed by atoms with Gasteiger partial charge in [-0.3, -0.25) is 11.3 Å². The number of halogens is 1. The molecule has 1 unspecified atom stereocenters. The van der Waals surface area contributed by atoms with Crippen LogP contribution in [0.1, 0.15) is 22.7 Å². The summed E-state index contributed by atoms with van der Waals surface area (Å²) in [6.45, 7) is 4.12. The first-order valence-electron chi connectivity index (χ1n) is 6.52. The number of nitrogens with two attached hydrogens (primary N) is 1. The minimum atomic E-state index is 0.0812. The average Bonchev–Trinajstić information content (AvgIpc) is 2.45. The van der Waals surface area contributed by atoms with E-state index in [2.05, 4.69) is 42.7 Å². The molecular weight excluding hydrogens is 288 g/mol. The van der Waals surface area contributed by atoms with E-state index in [9.17, 15) is 0 Å². The Hall–Kier alpha value is -1.00. The molecule has 0 spiro atoms. The highest BCUT2D eigenvalue weighted by Gasteiger charge is 2.12. The lowest BCUT2D eigenvalue weighted by molar-refractivity contribution is 0.610. The van der Waals surface area contributed by atoms with Crippen LogP contribution in [-0.2, 0) is 0 Å². The van der Waals surface area contributed by atoms with Crippen molar-refractivity contribution in [3.8, 4) is 0 Å². The van der Waals surface area contributed by atoms with Gasteiger partial charge in [-0.2, -0.15) is 0 Å². The van der Waals surface area contributed by atoms with Crippen LogP contribution in [0.25, 0.3) is 0 Å². The van der Waals surface area contributed by atoms with E-state index >= 15 is 0 Å². The molecule has 0 amide bonds. The summed E-state index contributed by atoms with van der Waals surface area (Å²) in [5.74, 6) is 6.55. The topological polar surface area (TPSA) is 38.0 Å². The van der Waals surface area contributed by atoms with Crippen molar-refractivity contribution in [3.05, 3.63) is 64.2 Å². The second-order valence-corrected chi connectivity index (χ2v) is 6.27. The van der Waals surface area contributed by atoms with Gasteiger partial charge in [0.15, 0.2) is 0 Å². The lowest BCUT2D eigenvalue weighted by Crippen LogP contribution is -2.29. The molecular formula is C16H19ClN2S. The van der Waals surface area contributed by atoms with E-state index in [1.807, 2.05) is 19.1 Å². The zero-order valence-electron chi connectivity index (χ0n) is 11.7. The van der Waals surface area contributed by atoms with Gasteiger partial charge in [0.2, 0.25) is 0 Å². The molecule has 4 heteroatoms. The van der Waals surface area contributed by atoms with Crippen LogP contribution in [0, 0.1) is 13.8 Å². The van der Waals surface area contributed by atoms with Crippen LogP contribution in [0.3, 0.4) is 0 Å². The third kappa shape index (κ3) is 3.76. The van der Waals surface area contributed by atoms with Crippen LogP contribution < -0.4 is 11.3 Å². The predicted molar refractivity (Wildman–Crippen MR) is 88.2 cm³/mol. The van der Waals surface area contributed by atoms with Crippen LogP contribution >= 0.6 is 23.4 Å². The number of hydrazine groups is 1. The van der Waals surface area contributed by atoms with E-state index < -0.39 is 0 Å². The van der Waals surface area contributed by atoms with E-state index in [4.69, 9.17) is 17.4 Å². The Bertz CT molecular complexity index is 586.